The summed E-state index contributed by atoms with van der Waals surface area (Å²) in [5.41, 5.74) is 4.27. The summed E-state index contributed by atoms with van der Waals surface area (Å²) in [5.74, 6) is -0.00989. The summed E-state index contributed by atoms with van der Waals surface area (Å²) in [5, 5.41) is 6.30. The van der Waals surface area contributed by atoms with Crippen molar-refractivity contribution in [3.05, 3.63) is 72.3 Å². The average Bonchev–Trinajstić information content (AvgIpc) is 3.16. The molecule has 0 radical (unpaired) electrons. The van der Waals surface area contributed by atoms with Gasteiger partial charge in [0.2, 0.25) is 11.8 Å². The van der Waals surface area contributed by atoms with Crippen LogP contribution >= 0.6 is 0 Å². The van der Waals surface area contributed by atoms with Gasteiger partial charge in [0.25, 0.3) is 0 Å². The summed E-state index contributed by atoms with van der Waals surface area (Å²) < 4.78 is 5.43. The van der Waals surface area contributed by atoms with E-state index in [1.54, 1.807) is 11.1 Å². The maximum absolute atomic E-state index is 12.5. The van der Waals surface area contributed by atoms with Crippen molar-refractivity contribution in [1.29, 1.82) is 0 Å². The van der Waals surface area contributed by atoms with Crippen molar-refractivity contribution in [2.24, 2.45) is 11.0 Å². The molecule has 2 amide bonds. The number of nitrogens with one attached hydrogen (secondary N) is 1. The quantitative estimate of drug-likeness (QED) is 0.505. The van der Waals surface area contributed by atoms with Crippen LogP contribution in [0.4, 0.5) is 5.69 Å². The molecule has 30 heavy (non-hydrogen) atoms. The number of hydrazone groups is 1. The number of anilines is 1. The fraction of sp³-hybridized carbons (Fsp3) is 0.208. The lowest BCUT2D eigenvalue weighted by molar-refractivity contribution is -0.126. The molecular weight excluding hydrogens is 378 g/mol. The lowest BCUT2D eigenvalue weighted by Gasteiger charge is -2.17. The van der Waals surface area contributed by atoms with Crippen molar-refractivity contribution < 1.29 is 14.3 Å². The minimum Gasteiger partial charge on any atom is -0.494 e. The van der Waals surface area contributed by atoms with E-state index in [0.717, 1.165) is 27.8 Å². The van der Waals surface area contributed by atoms with Gasteiger partial charge in [0.05, 0.1) is 18.7 Å². The summed E-state index contributed by atoms with van der Waals surface area (Å²) >= 11 is 0. The second-order valence-corrected chi connectivity index (χ2v) is 7.13. The molecule has 0 spiro atoms. The van der Waals surface area contributed by atoms with Gasteiger partial charge in [0.1, 0.15) is 5.75 Å². The van der Waals surface area contributed by atoms with Crippen LogP contribution in [0.15, 0.2) is 71.8 Å². The molecule has 1 fully saturated rings. The smallest absolute Gasteiger partial charge is 0.245 e. The van der Waals surface area contributed by atoms with Gasteiger partial charge >= 0.3 is 0 Å². The zero-order chi connectivity index (χ0) is 20.9. The number of ether oxygens (including phenoxy) is 1. The first-order valence-corrected chi connectivity index (χ1v) is 9.99. The lowest BCUT2D eigenvalue weighted by Crippen LogP contribution is -2.30. The van der Waals surface area contributed by atoms with Gasteiger partial charge in [-0.15, -0.1) is 0 Å². The normalized spacial score (nSPS) is 16.4. The highest BCUT2D eigenvalue weighted by Crippen LogP contribution is 2.27. The van der Waals surface area contributed by atoms with Crippen molar-refractivity contribution in [2.45, 2.75) is 13.3 Å². The summed E-state index contributed by atoms with van der Waals surface area (Å²) in [6, 6.07) is 21.3. The SMILES string of the molecule is CCOc1ccc(N2C[C@H](C(=O)N/N=C\c3cccc4ccccc34)CC2=O)cc1. The maximum atomic E-state index is 12.5. The van der Waals surface area contributed by atoms with E-state index in [9.17, 15) is 9.59 Å². The second-order valence-electron chi connectivity index (χ2n) is 7.13. The van der Waals surface area contributed by atoms with E-state index >= 15 is 0 Å². The van der Waals surface area contributed by atoms with Crippen LogP contribution in [0.1, 0.15) is 18.9 Å². The molecule has 1 aliphatic rings. The van der Waals surface area contributed by atoms with Gasteiger partial charge in [-0.05, 0) is 42.0 Å². The topological polar surface area (TPSA) is 71.0 Å². The number of fused-ring (bicyclic) bond motifs is 1. The molecular formula is C24H23N3O3. The number of amides is 2. The predicted octanol–water partition coefficient (Wildman–Crippen LogP) is 3.74. The molecule has 6 heteroatoms. The Kier molecular flexibility index (Phi) is 5.75. The Bertz CT molecular complexity index is 1090. The highest BCUT2D eigenvalue weighted by Gasteiger charge is 2.35. The molecule has 3 aromatic carbocycles. The first kappa shape index (κ1) is 19.6. The summed E-state index contributed by atoms with van der Waals surface area (Å²) in [6.45, 7) is 2.84. The van der Waals surface area contributed by atoms with E-state index in [0.29, 0.717) is 13.2 Å². The maximum Gasteiger partial charge on any atom is 0.245 e. The van der Waals surface area contributed by atoms with Crippen molar-refractivity contribution in [3.63, 3.8) is 0 Å². The van der Waals surface area contributed by atoms with Crippen LogP contribution in [-0.2, 0) is 9.59 Å². The first-order valence-electron chi connectivity index (χ1n) is 9.99. The molecule has 1 aliphatic heterocycles. The van der Waals surface area contributed by atoms with Gasteiger partial charge in [-0.3, -0.25) is 9.59 Å². The highest BCUT2D eigenvalue weighted by atomic mass is 16.5. The van der Waals surface area contributed by atoms with Crippen LogP contribution in [0, 0.1) is 5.92 Å². The number of carbonyl (C=O) groups is 2. The molecule has 1 heterocycles. The first-order chi connectivity index (χ1) is 14.7. The third kappa shape index (κ3) is 4.17. The van der Waals surface area contributed by atoms with Crippen LogP contribution in [0.3, 0.4) is 0 Å². The minimum absolute atomic E-state index is 0.0719. The molecule has 1 saturated heterocycles. The zero-order valence-electron chi connectivity index (χ0n) is 16.7. The van der Waals surface area contributed by atoms with E-state index < -0.39 is 5.92 Å². The van der Waals surface area contributed by atoms with Crippen molar-refractivity contribution in [1.82, 2.24) is 5.43 Å². The third-order valence-electron chi connectivity index (χ3n) is 5.16. The van der Waals surface area contributed by atoms with Gasteiger partial charge in [-0.2, -0.15) is 5.10 Å². The summed E-state index contributed by atoms with van der Waals surface area (Å²) in [6.07, 6.45) is 1.81. The van der Waals surface area contributed by atoms with Crippen LogP contribution < -0.4 is 15.1 Å². The predicted molar refractivity (Wildman–Crippen MR) is 118 cm³/mol. The van der Waals surface area contributed by atoms with Gasteiger partial charge < -0.3 is 9.64 Å². The Morgan fingerprint density at radius 3 is 2.70 bits per heavy atom. The number of carbonyl (C=O) groups excluding carboxylic acids is 2. The Morgan fingerprint density at radius 1 is 1.13 bits per heavy atom. The van der Waals surface area contributed by atoms with Crippen molar-refractivity contribution in [3.8, 4) is 5.75 Å². The number of benzene rings is 3. The van der Waals surface area contributed by atoms with Crippen LogP contribution in [-0.4, -0.2) is 31.2 Å². The van der Waals surface area contributed by atoms with E-state index in [-0.39, 0.29) is 18.2 Å². The average molecular weight is 401 g/mol. The van der Waals surface area contributed by atoms with Gasteiger partial charge in [-0.1, -0.05) is 42.5 Å². The lowest BCUT2D eigenvalue weighted by atomic mass is 10.1. The highest BCUT2D eigenvalue weighted by molar-refractivity contribution is 6.01. The largest absolute Gasteiger partial charge is 0.494 e. The molecule has 0 bridgehead atoms. The van der Waals surface area contributed by atoms with E-state index in [4.69, 9.17) is 4.74 Å². The van der Waals surface area contributed by atoms with Gasteiger partial charge in [0.15, 0.2) is 0 Å². The molecule has 0 aromatic heterocycles. The second kappa shape index (κ2) is 8.78. The van der Waals surface area contributed by atoms with Gasteiger partial charge in [0, 0.05) is 24.2 Å². The molecule has 4 rings (SSSR count). The molecule has 0 aliphatic carbocycles. The summed E-state index contributed by atoms with van der Waals surface area (Å²) in [4.78, 5) is 26.6. The van der Waals surface area contributed by atoms with Crippen LogP contribution in [0.5, 0.6) is 5.75 Å². The third-order valence-corrected chi connectivity index (χ3v) is 5.16. The van der Waals surface area contributed by atoms with E-state index in [1.165, 1.54) is 0 Å². The Morgan fingerprint density at radius 2 is 1.90 bits per heavy atom. The Balaban J connectivity index is 1.39. The number of nitrogens with zero attached hydrogens (tertiary/aromatic N) is 2. The fourth-order valence-corrected chi connectivity index (χ4v) is 3.64. The van der Waals surface area contributed by atoms with Crippen molar-refractivity contribution in [2.75, 3.05) is 18.1 Å². The van der Waals surface area contributed by atoms with Crippen LogP contribution in [0.25, 0.3) is 10.8 Å². The molecule has 1 atom stereocenters. The number of hydrogen-bond acceptors (Lipinski definition) is 4. The molecule has 3 aromatic rings. The van der Waals surface area contributed by atoms with E-state index in [1.807, 2.05) is 73.7 Å². The zero-order valence-corrected chi connectivity index (χ0v) is 16.7. The van der Waals surface area contributed by atoms with Crippen LogP contribution in [0.2, 0.25) is 0 Å². The molecule has 6 nitrogen and oxygen atoms in total. The molecule has 1 N–H and O–H groups in total. The monoisotopic (exact) mass is 401 g/mol. The number of rotatable bonds is 6. The fourth-order valence-electron chi connectivity index (χ4n) is 3.64. The molecule has 0 saturated carbocycles. The Hall–Kier alpha value is -3.67. The van der Waals surface area contributed by atoms with E-state index in [2.05, 4.69) is 10.5 Å². The Labute approximate surface area is 175 Å². The van der Waals surface area contributed by atoms with Gasteiger partial charge in [-0.25, -0.2) is 5.43 Å². The molecule has 0 unspecified atom stereocenters. The standard InChI is InChI=1S/C24H23N3O3/c1-2-30-21-12-10-20(11-13-21)27-16-19(14-23(27)28)24(29)26-25-15-18-8-5-7-17-6-3-4-9-22(17)18/h3-13,15,19H,2,14,16H2,1H3,(H,26,29)/b25-15-/t19-/m1/s1. The van der Waals surface area contributed by atoms with Crippen molar-refractivity contribution >= 4 is 34.5 Å². The minimum atomic E-state index is -0.436. The summed E-state index contributed by atoms with van der Waals surface area (Å²) in [7, 11) is 0. The number of hydrogen-bond donors (Lipinski definition) is 1. The molecule has 152 valence electrons.